The zero-order valence-electron chi connectivity index (χ0n) is 8.92. The SMILES string of the molecule is C/C=C(\C=C\CN1CCCC1)CC. The van der Waals surface area contributed by atoms with Crippen LogP contribution in [-0.2, 0) is 0 Å². The molecule has 1 heteroatoms. The first-order chi connectivity index (χ1) is 6.36. The molecule has 1 saturated heterocycles. The van der Waals surface area contributed by atoms with E-state index in [0.29, 0.717) is 0 Å². The van der Waals surface area contributed by atoms with E-state index in [9.17, 15) is 0 Å². The molecule has 1 aliphatic rings. The van der Waals surface area contributed by atoms with Gasteiger partial charge in [-0.25, -0.2) is 0 Å². The van der Waals surface area contributed by atoms with Gasteiger partial charge in [0.25, 0.3) is 0 Å². The molecular weight excluding hydrogens is 158 g/mol. The Bertz CT molecular complexity index is 185. The van der Waals surface area contributed by atoms with Crippen LogP contribution in [0.4, 0.5) is 0 Å². The van der Waals surface area contributed by atoms with Crippen molar-refractivity contribution in [2.24, 2.45) is 0 Å². The lowest BCUT2D eigenvalue weighted by atomic mass is 10.2. The first-order valence-electron chi connectivity index (χ1n) is 5.41. The summed E-state index contributed by atoms with van der Waals surface area (Å²) < 4.78 is 0. The lowest BCUT2D eigenvalue weighted by Gasteiger charge is -2.10. The van der Waals surface area contributed by atoms with Crippen LogP contribution in [0, 0.1) is 0 Å². The topological polar surface area (TPSA) is 3.24 Å². The summed E-state index contributed by atoms with van der Waals surface area (Å²) in [6.07, 6.45) is 10.7. The zero-order valence-corrected chi connectivity index (χ0v) is 8.92. The molecule has 0 amide bonds. The van der Waals surface area contributed by atoms with Crippen molar-refractivity contribution in [3.63, 3.8) is 0 Å². The van der Waals surface area contributed by atoms with Crippen LogP contribution in [-0.4, -0.2) is 24.5 Å². The lowest BCUT2D eigenvalue weighted by Crippen LogP contribution is -2.18. The largest absolute Gasteiger partial charge is 0.300 e. The number of rotatable bonds is 4. The molecule has 0 saturated carbocycles. The molecule has 1 aliphatic heterocycles. The van der Waals surface area contributed by atoms with Gasteiger partial charge in [-0.2, -0.15) is 0 Å². The summed E-state index contributed by atoms with van der Waals surface area (Å²) in [6.45, 7) is 8.04. The fourth-order valence-corrected chi connectivity index (χ4v) is 1.74. The van der Waals surface area contributed by atoms with E-state index in [1.807, 2.05) is 0 Å². The van der Waals surface area contributed by atoms with E-state index >= 15 is 0 Å². The highest BCUT2D eigenvalue weighted by Crippen LogP contribution is 2.07. The van der Waals surface area contributed by atoms with Crippen LogP contribution in [0.1, 0.15) is 33.1 Å². The molecule has 13 heavy (non-hydrogen) atoms. The normalized spacial score (nSPS) is 20.3. The minimum atomic E-state index is 1.14. The maximum atomic E-state index is 2.51. The molecule has 1 heterocycles. The van der Waals surface area contributed by atoms with Crippen LogP contribution < -0.4 is 0 Å². The standard InChI is InChI=1S/C12H21N/c1-3-12(4-2)8-7-11-13-9-5-6-10-13/h3,7-8H,4-6,9-11H2,1-2H3/b8-7+,12-3-. The van der Waals surface area contributed by atoms with Gasteiger partial charge in [0.2, 0.25) is 0 Å². The number of hydrogen-bond donors (Lipinski definition) is 0. The highest BCUT2D eigenvalue weighted by Gasteiger charge is 2.08. The van der Waals surface area contributed by atoms with Crippen LogP contribution in [0.15, 0.2) is 23.8 Å². The van der Waals surface area contributed by atoms with E-state index in [1.54, 1.807) is 0 Å². The molecule has 0 radical (unpaired) electrons. The van der Waals surface area contributed by atoms with Crippen molar-refractivity contribution in [2.45, 2.75) is 33.1 Å². The summed E-state index contributed by atoms with van der Waals surface area (Å²) in [4.78, 5) is 2.51. The number of nitrogens with zero attached hydrogens (tertiary/aromatic N) is 1. The van der Waals surface area contributed by atoms with E-state index in [1.165, 1.54) is 31.5 Å². The molecule has 0 aliphatic carbocycles. The van der Waals surface area contributed by atoms with E-state index in [2.05, 4.69) is 37.0 Å². The summed E-state index contributed by atoms with van der Waals surface area (Å²) >= 11 is 0. The second-order valence-corrected chi connectivity index (χ2v) is 3.63. The highest BCUT2D eigenvalue weighted by atomic mass is 15.1. The molecule has 0 unspecified atom stereocenters. The molecule has 1 nitrogen and oxygen atoms in total. The minimum absolute atomic E-state index is 1.14. The summed E-state index contributed by atoms with van der Waals surface area (Å²) in [6, 6.07) is 0. The molecule has 0 bridgehead atoms. The van der Waals surface area contributed by atoms with Crippen molar-refractivity contribution < 1.29 is 0 Å². The van der Waals surface area contributed by atoms with E-state index in [-0.39, 0.29) is 0 Å². The number of likely N-dealkylation sites (tertiary alicyclic amines) is 1. The molecule has 0 spiro atoms. The summed E-state index contributed by atoms with van der Waals surface area (Å²) in [5.41, 5.74) is 1.44. The van der Waals surface area contributed by atoms with Gasteiger partial charge in [0.05, 0.1) is 0 Å². The van der Waals surface area contributed by atoms with Gasteiger partial charge in [0.1, 0.15) is 0 Å². The third-order valence-corrected chi connectivity index (χ3v) is 2.67. The van der Waals surface area contributed by atoms with Gasteiger partial charge in [0.15, 0.2) is 0 Å². The highest BCUT2D eigenvalue weighted by molar-refractivity contribution is 5.17. The first-order valence-corrected chi connectivity index (χ1v) is 5.41. The first kappa shape index (κ1) is 10.5. The number of allylic oxidation sites excluding steroid dienone is 3. The fraction of sp³-hybridized carbons (Fsp3) is 0.667. The van der Waals surface area contributed by atoms with Gasteiger partial charge in [-0.1, -0.05) is 30.7 Å². The molecule has 0 aromatic heterocycles. The molecule has 0 N–H and O–H groups in total. The van der Waals surface area contributed by atoms with Crippen molar-refractivity contribution >= 4 is 0 Å². The maximum absolute atomic E-state index is 2.51. The van der Waals surface area contributed by atoms with Crippen LogP contribution in [0.3, 0.4) is 0 Å². The maximum Gasteiger partial charge on any atom is 0.0166 e. The van der Waals surface area contributed by atoms with Gasteiger partial charge in [-0.05, 0) is 39.3 Å². The molecule has 0 aromatic carbocycles. The summed E-state index contributed by atoms with van der Waals surface area (Å²) in [5, 5.41) is 0. The van der Waals surface area contributed by atoms with E-state index in [0.717, 1.165) is 13.0 Å². The number of hydrogen-bond acceptors (Lipinski definition) is 1. The Morgan fingerprint density at radius 3 is 2.54 bits per heavy atom. The third-order valence-electron chi connectivity index (χ3n) is 2.67. The van der Waals surface area contributed by atoms with Crippen molar-refractivity contribution in [2.75, 3.05) is 19.6 Å². The van der Waals surface area contributed by atoms with Gasteiger partial charge in [0, 0.05) is 6.54 Å². The Kier molecular flexibility index (Phi) is 4.84. The fourth-order valence-electron chi connectivity index (χ4n) is 1.74. The van der Waals surface area contributed by atoms with E-state index in [4.69, 9.17) is 0 Å². The average Bonchev–Trinajstić information content (AvgIpc) is 2.65. The monoisotopic (exact) mass is 179 g/mol. The third kappa shape index (κ3) is 3.77. The average molecular weight is 179 g/mol. The Balaban J connectivity index is 2.23. The van der Waals surface area contributed by atoms with Crippen molar-refractivity contribution in [1.29, 1.82) is 0 Å². The molecule has 0 aromatic rings. The Morgan fingerprint density at radius 2 is 2.00 bits per heavy atom. The Hall–Kier alpha value is -0.560. The smallest absolute Gasteiger partial charge is 0.0166 e. The van der Waals surface area contributed by atoms with Crippen LogP contribution >= 0.6 is 0 Å². The van der Waals surface area contributed by atoms with Crippen molar-refractivity contribution in [3.8, 4) is 0 Å². The van der Waals surface area contributed by atoms with Gasteiger partial charge in [-0.3, -0.25) is 4.90 Å². The Labute approximate surface area is 82.1 Å². The zero-order chi connectivity index (χ0) is 9.52. The van der Waals surface area contributed by atoms with Gasteiger partial charge < -0.3 is 0 Å². The summed E-state index contributed by atoms with van der Waals surface area (Å²) in [5.74, 6) is 0. The Morgan fingerprint density at radius 1 is 1.31 bits per heavy atom. The molecular formula is C12H21N. The van der Waals surface area contributed by atoms with E-state index < -0.39 is 0 Å². The van der Waals surface area contributed by atoms with Crippen molar-refractivity contribution in [1.82, 2.24) is 4.90 Å². The molecule has 1 fully saturated rings. The van der Waals surface area contributed by atoms with Crippen LogP contribution in [0.2, 0.25) is 0 Å². The van der Waals surface area contributed by atoms with Crippen molar-refractivity contribution in [3.05, 3.63) is 23.8 Å². The molecule has 0 atom stereocenters. The summed E-state index contributed by atoms with van der Waals surface area (Å²) in [7, 11) is 0. The van der Waals surface area contributed by atoms with Crippen LogP contribution in [0.25, 0.3) is 0 Å². The second-order valence-electron chi connectivity index (χ2n) is 3.63. The van der Waals surface area contributed by atoms with Gasteiger partial charge >= 0.3 is 0 Å². The van der Waals surface area contributed by atoms with Gasteiger partial charge in [-0.15, -0.1) is 0 Å². The second kappa shape index (κ2) is 5.98. The van der Waals surface area contributed by atoms with Crippen LogP contribution in [0.5, 0.6) is 0 Å². The quantitative estimate of drug-likeness (QED) is 0.600. The minimum Gasteiger partial charge on any atom is -0.300 e. The lowest BCUT2D eigenvalue weighted by molar-refractivity contribution is 0.377. The molecule has 1 rings (SSSR count). The predicted molar refractivity (Wildman–Crippen MR) is 58.9 cm³/mol. The predicted octanol–water partition coefficient (Wildman–Crippen LogP) is 2.99. The molecule has 74 valence electrons.